The highest BCUT2D eigenvalue weighted by atomic mass is 79.9. The number of aromatic nitrogens is 2. The molecule has 1 heterocycles. The van der Waals surface area contributed by atoms with Gasteiger partial charge in [0.1, 0.15) is 12.1 Å². The molecule has 0 saturated carbocycles. The van der Waals surface area contributed by atoms with Gasteiger partial charge in [0, 0.05) is 10.7 Å². The molecule has 2 rings (SSSR count). The van der Waals surface area contributed by atoms with E-state index in [1.54, 1.807) is 12.3 Å². The fraction of sp³-hybridized carbons (Fsp3) is 0.231. The largest absolute Gasteiger partial charge is 0.311 e. The van der Waals surface area contributed by atoms with Gasteiger partial charge in [-0.15, -0.1) is 0 Å². The summed E-state index contributed by atoms with van der Waals surface area (Å²) in [4.78, 5) is 8.13. The van der Waals surface area contributed by atoms with Crippen molar-refractivity contribution in [3.05, 3.63) is 58.3 Å². The number of halogens is 2. The SMILES string of the molecule is CNC(Cc1ccc(F)cc1Br)c1ccncn1. The highest BCUT2D eigenvalue weighted by molar-refractivity contribution is 9.10. The first kappa shape index (κ1) is 13.1. The summed E-state index contributed by atoms with van der Waals surface area (Å²) >= 11 is 3.38. The maximum Gasteiger partial charge on any atom is 0.124 e. The molecular weight excluding hydrogens is 297 g/mol. The molecule has 3 nitrogen and oxygen atoms in total. The summed E-state index contributed by atoms with van der Waals surface area (Å²) in [6, 6.07) is 6.67. The molecule has 1 aromatic heterocycles. The molecule has 18 heavy (non-hydrogen) atoms. The van der Waals surface area contributed by atoms with E-state index in [9.17, 15) is 4.39 Å². The first-order valence-electron chi connectivity index (χ1n) is 5.58. The van der Waals surface area contributed by atoms with E-state index in [0.717, 1.165) is 22.2 Å². The molecule has 2 aromatic rings. The first-order chi connectivity index (χ1) is 8.70. The molecule has 5 heteroatoms. The molecule has 1 atom stereocenters. The van der Waals surface area contributed by atoms with Crippen LogP contribution in [0.15, 0.2) is 41.3 Å². The van der Waals surface area contributed by atoms with Gasteiger partial charge in [-0.25, -0.2) is 14.4 Å². The van der Waals surface area contributed by atoms with Crippen LogP contribution in [0.5, 0.6) is 0 Å². The second kappa shape index (κ2) is 6.02. The maximum atomic E-state index is 13.0. The molecule has 0 saturated heterocycles. The molecule has 0 aliphatic heterocycles. The van der Waals surface area contributed by atoms with Gasteiger partial charge in [0.15, 0.2) is 0 Å². The fourth-order valence-electron chi connectivity index (χ4n) is 1.77. The van der Waals surface area contributed by atoms with Gasteiger partial charge in [-0.2, -0.15) is 0 Å². The second-order valence-electron chi connectivity index (χ2n) is 3.92. The Morgan fingerprint density at radius 3 is 2.83 bits per heavy atom. The summed E-state index contributed by atoms with van der Waals surface area (Å²) in [7, 11) is 1.88. The quantitative estimate of drug-likeness (QED) is 0.943. The zero-order valence-electron chi connectivity index (χ0n) is 9.90. The normalized spacial score (nSPS) is 12.4. The summed E-state index contributed by atoms with van der Waals surface area (Å²) in [6.45, 7) is 0. The van der Waals surface area contributed by atoms with E-state index < -0.39 is 0 Å². The molecule has 0 amide bonds. The lowest BCUT2D eigenvalue weighted by molar-refractivity contribution is 0.571. The van der Waals surface area contributed by atoms with E-state index in [1.807, 2.05) is 13.1 Å². The Morgan fingerprint density at radius 1 is 1.39 bits per heavy atom. The molecule has 0 aliphatic rings. The molecule has 0 aliphatic carbocycles. The minimum Gasteiger partial charge on any atom is -0.311 e. The fourth-order valence-corrected chi connectivity index (χ4v) is 2.28. The van der Waals surface area contributed by atoms with Crippen LogP contribution in [0.4, 0.5) is 4.39 Å². The lowest BCUT2D eigenvalue weighted by atomic mass is 10.0. The summed E-state index contributed by atoms with van der Waals surface area (Å²) in [6.07, 6.45) is 3.97. The molecule has 0 spiro atoms. The Kier molecular flexibility index (Phi) is 4.38. The summed E-state index contributed by atoms with van der Waals surface area (Å²) in [5, 5.41) is 3.20. The van der Waals surface area contributed by atoms with Crippen LogP contribution in [-0.2, 0) is 6.42 Å². The average molecular weight is 310 g/mol. The summed E-state index contributed by atoms with van der Waals surface area (Å²) in [5.41, 5.74) is 1.96. The highest BCUT2D eigenvalue weighted by Gasteiger charge is 2.13. The van der Waals surface area contributed by atoms with Crippen LogP contribution in [0.2, 0.25) is 0 Å². The van der Waals surface area contributed by atoms with Crippen LogP contribution in [0, 0.1) is 5.82 Å². The standard InChI is InChI=1S/C13H13BrFN3/c1-16-13(12-4-5-17-8-18-12)6-9-2-3-10(15)7-11(9)14/h2-5,7-8,13,16H,6H2,1H3. The third kappa shape index (κ3) is 3.11. The van der Waals surface area contributed by atoms with Crippen molar-refractivity contribution in [1.82, 2.24) is 15.3 Å². The van der Waals surface area contributed by atoms with Gasteiger partial charge in [-0.3, -0.25) is 0 Å². The zero-order chi connectivity index (χ0) is 13.0. The summed E-state index contributed by atoms with van der Waals surface area (Å²) in [5.74, 6) is -0.242. The van der Waals surface area contributed by atoms with E-state index in [1.165, 1.54) is 18.5 Å². The third-order valence-electron chi connectivity index (χ3n) is 2.75. The number of likely N-dealkylation sites (N-methyl/N-ethyl adjacent to an activating group) is 1. The van der Waals surface area contributed by atoms with Crippen molar-refractivity contribution in [1.29, 1.82) is 0 Å². The highest BCUT2D eigenvalue weighted by Crippen LogP contribution is 2.23. The molecule has 1 aromatic carbocycles. The zero-order valence-corrected chi connectivity index (χ0v) is 11.5. The third-order valence-corrected chi connectivity index (χ3v) is 3.49. The smallest absolute Gasteiger partial charge is 0.124 e. The Balaban J connectivity index is 2.21. The van der Waals surface area contributed by atoms with Crippen LogP contribution >= 0.6 is 15.9 Å². The number of benzene rings is 1. The van der Waals surface area contributed by atoms with Gasteiger partial charge in [-0.05, 0) is 37.2 Å². The van der Waals surface area contributed by atoms with E-state index in [0.29, 0.717) is 0 Å². The van der Waals surface area contributed by atoms with E-state index in [-0.39, 0.29) is 11.9 Å². The number of hydrogen-bond donors (Lipinski definition) is 1. The number of nitrogens with zero attached hydrogens (tertiary/aromatic N) is 2. The van der Waals surface area contributed by atoms with Crippen molar-refractivity contribution in [3.63, 3.8) is 0 Å². The van der Waals surface area contributed by atoms with Crippen LogP contribution in [0.1, 0.15) is 17.3 Å². The number of rotatable bonds is 4. The maximum absolute atomic E-state index is 13.0. The predicted octanol–water partition coefficient (Wildman–Crippen LogP) is 2.88. The van der Waals surface area contributed by atoms with Gasteiger partial charge in [0.2, 0.25) is 0 Å². The summed E-state index contributed by atoms with van der Waals surface area (Å²) < 4.78 is 13.8. The first-order valence-corrected chi connectivity index (χ1v) is 6.37. The Hall–Kier alpha value is -1.33. The Morgan fingerprint density at radius 2 is 2.22 bits per heavy atom. The van der Waals surface area contributed by atoms with Crippen LogP contribution in [0.3, 0.4) is 0 Å². The van der Waals surface area contributed by atoms with Crippen LogP contribution in [-0.4, -0.2) is 17.0 Å². The van der Waals surface area contributed by atoms with Gasteiger partial charge < -0.3 is 5.32 Å². The number of nitrogens with one attached hydrogen (secondary N) is 1. The molecule has 94 valence electrons. The van der Waals surface area contributed by atoms with Gasteiger partial charge in [0.25, 0.3) is 0 Å². The minimum absolute atomic E-state index is 0.0785. The lowest BCUT2D eigenvalue weighted by Crippen LogP contribution is -2.20. The molecule has 0 fully saturated rings. The minimum atomic E-state index is -0.242. The van der Waals surface area contributed by atoms with Crippen molar-refractivity contribution in [3.8, 4) is 0 Å². The molecular formula is C13H13BrFN3. The monoisotopic (exact) mass is 309 g/mol. The van der Waals surface area contributed by atoms with Crippen molar-refractivity contribution in [2.75, 3.05) is 7.05 Å². The van der Waals surface area contributed by atoms with E-state index in [2.05, 4.69) is 31.2 Å². The van der Waals surface area contributed by atoms with E-state index in [4.69, 9.17) is 0 Å². The van der Waals surface area contributed by atoms with Gasteiger partial charge in [0.05, 0.1) is 11.7 Å². The molecule has 1 unspecified atom stereocenters. The Bertz CT molecular complexity index is 519. The van der Waals surface area contributed by atoms with Crippen molar-refractivity contribution >= 4 is 15.9 Å². The average Bonchev–Trinajstić information content (AvgIpc) is 2.39. The number of hydrogen-bond acceptors (Lipinski definition) is 3. The molecule has 1 N–H and O–H groups in total. The molecule has 0 bridgehead atoms. The predicted molar refractivity (Wildman–Crippen MR) is 71.6 cm³/mol. The van der Waals surface area contributed by atoms with Gasteiger partial charge >= 0.3 is 0 Å². The van der Waals surface area contributed by atoms with Gasteiger partial charge in [-0.1, -0.05) is 22.0 Å². The van der Waals surface area contributed by atoms with Crippen molar-refractivity contribution in [2.45, 2.75) is 12.5 Å². The van der Waals surface area contributed by atoms with E-state index >= 15 is 0 Å². The Labute approximate surface area is 114 Å². The van der Waals surface area contributed by atoms with Crippen LogP contribution in [0.25, 0.3) is 0 Å². The molecule has 0 radical (unpaired) electrons. The van der Waals surface area contributed by atoms with Crippen LogP contribution < -0.4 is 5.32 Å². The lowest BCUT2D eigenvalue weighted by Gasteiger charge is -2.16. The second-order valence-corrected chi connectivity index (χ2v) is 4.77. The van der Waals surface area contributed by atoms with Crippen molar-refractivity contribution in [2.24, 2.45) is 0 Å². The van der Waals surface area contributed by atoms with Crippen molar-refractivity contribution < 1.29 is 4.39 Å². The topological polar surface area (TPSA) is 37.8 Å².